The van der Waals surface area contributed by atoms with Crippen molar-refractivity contribution in [2.24, 2.45) is 5.92 Å². The van der Waals surface area contributed by atoms with Crippen LogP contribution in [0.1, 0.15) is 22.5 Å². The minimum absolute atomic E-state index is 0.0434. The Bertz CT molecular complexity index is 1060. The molecule has 1 fully saturated rings. The summed E-state index contributed by atoms with van der Waals surface area (Å²) in [5.41, 5.74) is 2.03. The first-order chi connectivity index (χ1) is 13.3. The van der Waals surface area contributed by atoms with Gasteiger partial charge in [0.25, 0.3) is 0 Å². The Morgan fingerprint density at radius 2 is 2.07 bits per heavy atom. The van der Waals surface area contributed by atoms with Gasteiger partial charge in [0.2, 0.25) is 0 Å². The molecule has 8 heteroatoms. The smallest absolute Gasteiger partial charge is 0.178 e. The Balaban J connectivity index is 1.60. The van der Waals surface area contributed by atoms with E-state index in [0.29, 0.717) is 46.0 Å². The highest BCUT2D eigenvalue weighted by Crippen LogP contribution is 2.36. The molecule has 5 rings (SSSR count). The van der Waals surface area contributed by atoms with E-state index in [4.69, 9.17) is 9.15 Å². The standard InChI is InChI=1S/C19H16N4O3S/c24-15(11-5-9-25-10-6-11)16-14(13-4-2-8-26-13)22-19(27-16)18-21-12-3-1-7-20-17(12)23-18/h1-4,7-8,11H,5-6,9-10H2,(H,20,21,23). The predicted molar refractivity (Wildman–Crippen MR) is 101 cm³/mol. The SMILES string of the molecule is O=C(c1sc(-c2nc3ncccc3[nH]2)nc1-c1ccco1)C1CCOCC1. The van der Waals surface area contributed by atoms with Gasteiger partial charge >= 0.3 is 0 Å². The number of furan rings is 1. The van der Waals surface area contributed by atoms with Crippen LogP contribution in [-0.4, -0.2) is 38.9 Å². The number of hydrogen-bond donors (Lipinski definition) is 1. The minimum atomic E-state index is -0.0434. The van der Waals surface area contributed by atoms with Gasteiger partial charge in [0, 0.05) is 25.3 Å². The maximum Gasteiger partial charge on any atom is 0.178 e. The van der Waals surface area contributed by atoms with Crippen LogP contribution < -0.4 is 0 Å². The first-order valence-electron chi connectivity index (χ1n) is 8.77. The van der Waals surface area contributed by atoms with E-state index >= 15 is 0 Å². The number of Topliss-reactive ketones (excluding diaryl/α,β-unsaturated/α-hetero) is 1. The summed E-state index contributed by atoms with van der Waals surface area (Å²) >= 11 is 1.34. The van der Waals surface area contributed by atoms with Crippen LogP contribution in [0.3, 0.4) is 0 Å². The molecule has 0 radical (unpaired) electrons. The number of rotatable bonds is 4. The Labute approximate surface area is 158 Å². The summed E-state index contributed by atoms with van der Waals surface area (Å²) in [6.07, 6.45) is 4.75. The summed E-state index contributed by atoms with van der Waals surface area (Å²) < 4.78 is 10.9. The molecule has 1 N–H and O–H groups in total. The lowest BCUT2D eigenvalue weighted by Crippen LogP contribution is -2.23. The molecule has 1 aliphatic rings. The molecule has 27 heavy (non-hydrogen) atoms. The molecule has 0 saturated carbocycles. The molecule has 1 saturated heterocycles. The van der Waals surface area contributed by atoms with Crippen molar-refractivity contribution >= 4 is 28.3 Å². The number of nitrogens with one attached hydrogen (secondary N) is 1. The topological polar surface area (TPSA) is 93.9 Å². The molecule has 0 aliphatic carbocycles. The summed E-state index contributed by atoms with van der Waals surface area (Å²) in [6.45, 7) is 1.24. The van der Waals surface area contributed by atoms with Crippen LogP contribution >= 0.6 is 11.3 Å². The van der Waals surface area contributed by atoms with E-state index in [2.05, 4.69) is 19.9 Å². The number of nitrogens with zero attached hydrogens (tertiary/aromatic N) is 3. The molecule has 5 heterocycles. The molecular weight excluding hydrogens is 364 g/mol. The van der Waals surface area contributed by atoms with Gasteiger partial charge in [-0.3, -0.25) is 4.79 Å². The van der Waals surface area contributed by atoms with Crippen LogP contribution in [0.4, 0.5) is 0 Å². The van der Waals surface area contributed by atoms with Crippen LogP contribution in [0.25, 0.3) is 33.5 Å². The van der Waals surface area contributed by atoms with Gasteiger partial charge in [0.15, 0.2) is 28.0 Å². The minimum Gasteiger partial charge on any atom is -0.463 e. The monoisotopic (exact) mass is 380 g/mol. The highest BCUT2D eigenvalue weighted by Gasteiger charge is 2.29. The van der Waals surface area contributed by atoms with Crippen LogP contribution in [0, 0.1) is 5.92 Å². The van der Waals surface area contributed by atoms with Crippen molar-refractivity contribution in [2.45, 2.75) is 12.8 Å². The van der Waals surface area contributed by atoms with Crippen LogP contribution in [0.2, 0.25) is 0 Å². The fourth-order valence-electron chi connectivity index (χ4n) is 3.26. The summed E-state index contributed by atoms with van der Waals surface area (Å²) in [6, 6.07) is 7.37. The molecule has 0 amide bonds. The number of carbonyl (C=O) groups excluding carboxylic acids is 1. The number of hydrogen-bond acceptors (Lipinski definition) is 7. The quantitative estimate of drug-likeness (QED) is 0.539. The zero-order valence-electron chi connectivity index (χ0n) is 14.3. The number of fused-ring (bicyclic) bond motifs is 1. The highest BCUT2D eigenvalue weighted by atomic mass is 32.1. The van der Waals surface area contributed by atoms with Crippen molar-refractivity contribution < 1.29 is 13.9 Å². The number of aromatic amines is 1. The molecule has 0 unspecified atom stereocenters. The second-order valence-corrected chi connectivity index (χ2v) is 7.38. The summed E-state index contributed by atoms with van der Waals surface area (Å²) in [7, 11) is 0. The van der Waals surface area contributed by atoms with E-state index in [1.165, 1.54) is 11.3 Å². The first-order valence-corrected chi connectivity index (χ1v) is 9.59. The third-order valence-corrected chi connectivity index (χ3v) is 5.73. The number of ketones is 1. The Morgan fingerprint density at radius 1 is 1.19 bits per heavy atom. The second kappa shape index (κ2) is 6.71. The van der Waals surface area contributed by atoms with E-state index in [9.17, 15) is 4.79 Å². The average molecular weight is 380 g/mol. The van der Waals surface area contributed by atoms with Crippen LogP contribution in [-0.2, 0) is 4.74 Å². The molecular formula is C19H16N4O3S. The molecule has 0 aromatic carbocycles. The average Bonchev–Trinajstić information content (AvgIpc) is 3.46. The predicted octanol–water partition coefficient (Wildman–Crippen LogP) is 3.95. The number of thiazole rings is 1. The van der Waals surface area contributed by atoms with E-state index < -0.39 is 0 Å². The molecule has 0 atom stereocenters. The van der Waals surface area contributed by atoms with Crippen molar-refractivity contribution in [3.63, 3.8) is 0 Å². The van der Waals surface area contributed by atoms with E-state index in [-0.39, 0.29) is 11.7 Å². The van der Waals surface area contributed by atoms with Gasteiger partial charge in [-0.25, -0.2) is 15.0 Å². The number of pyridine rings is 1. The van der Waals surface area contributed by atoms with Crippen molar-refractivity contribution in [1.82, 2.24) is 19.9 Å². The van der Waals surface area contributed by atoms with Gasteiger partial charge in [-0.1, -0.05) is 0 Å². The number of imidazole rings is 1. The van der Waals surface area contributed by atoms with Crippen molar-refractivity contribution in [1.29, 1.82) is 0 Å². The fraction of sp³-hybridized carbons (Fsp3) is 0.263. The summed E-state index contributed by atoms with van der Waals surface area (Å²) in [5.74, 6) is 1.25. The lowest BCUT2D eigenvalue weighted by Gasteiger charge is -2.20. The van der Waals surface area contributed by atoms with Crippen molar-refractivity contribution in [3.05, 3.63) is 41.6 Å². The maximum absolute atomic E-state index is 13.2. The van der Waals surface area contributed by atoms with Crippen LogP contribution in [0.5, 0.6) is 0 Å². The zero-order valence-corrected chi connectivity index (χ0v) is 15.2. The Kier molecular flexibility index (Phi) is 4.06. The molecule has 4 aromatic rings. The van der Waals surface area contributed by atoms with Gasteiger partial charge in [0.05, 0.1) is 11.8 Å². The van der Waals surface area contributed by atoms with E-state index in [0.717, 1.165) is 18.4 Å². The summed E-state index contributed by atoms with van der Waals surface area (Å²) in [4.78, 5) is 30.4. The molecule has 136 valence electrons. The summed E-state index contributed by atoms with van der Waals surface area (Å²) in [5, 5.41) is 0.648. The lowest BCUT2D eigenvalue weighted by atomic mass is 9.94. The van der Waals surface area contributed by atoms with Crippen LogP contribution in [0.15, 0.2) is 41.1 Å². The molecule has 4 aromatic heterocycles. The van der Waals surface area contributed by atoms with E-state index in [1.807, 2.05) is 18.2 Å². The maximum atomic E-state index is 13.2. The van der Waals surface area contributed by atoms with Gasteiger partial charge in [-0.05, 0) is 37.1 Å². The fourth-order valence-corrected chi connectivity index (χ4v) is 4.29. The second-order valence-electron chi connectivity index (χ2n) is 6.38. The number of aromatic nitrogens is 4. The lowest BCUT2D eigenvalue weighted by molar-refractivity contribution is 0.0547. The Hall–Kier alpha value is -2.84. The number of ether oxygens (including phenoxy) is 1. The third kappa shape index (κ3) is 2.96. The van der Waals surface area contributed by atoms with Gasteiger partial charge in [-0.15, -0.1) is 11.3 Å². The normalized spacial score (nSPS) is 15.4. The third-order valence-electron chi connectivity index (χ3n) is 4.66. The number of carbonyl (C=O) groups is 1. The van der Waals surface area contributed by atoms with E-state index in [1.54, 1.807) is 18.5 Å². The van der Waals surface area contributed by atoms with Crippen molar-refractivity contribution in [3.8, 4) is 22.3 Å². The molecule has 1 aliphatic heterocycles. The first kappa shape index (κ1) is 16.3. The largest absolute Gasteiger partial charge is 0.463 e. The zero-order chi connectivity index (χ0) is 18.2. The molecule has 7 nitrogen and oxygen atoms in total. The van der Waals surface area contributed by atoms with Gasteiger partial charge in [0.1, 0.15) is 10.6 Å². The molecule has 0 bridgehead atoms. The highest BCUT2D eigenvalue weighted by molar-refractivity contribution is 7.17. The number of H-pyrrole nitrogens is 1. The molecule has 0 spiro atoms. The van der Waals surface area contributed by atoms with Gasteiger partial charge < -0.3 is 14.1 Å². The van der Waals surface area contributed by atoms with Gasteiger partial charge in [-0.2, -0.15) is 0 Å². The Morgan fingerprint density at radius 3 is 2.85 bits per heavy atom. The van der Waals surface area contributed by atoms with Crippen molar-refractivity contribution in [2.75, 3.05) is 13.2 Å².